The van der Waals surface area contributed by atoms with E-state index in [1.807, 2.05) is 0 Å². The number of benzene rings is 1. The van der Waals surface area contributed by atoms with Crippen molar-refractivity contribution in [1.82, 2.24) is 4.98 Å². The molecule has 0 aliphatic rings. The highest BCUT2D eigenvalue weighted by molar-refractivity contribution is 6.35. The van der Waals surface area contributed by atoms with Crippen LogP contribution < -0.4 is 5.73 Å². The highest BCUT2D eigenvalue weighted by Gasteiger charge is 2.16. The third-order valence-electron chi connectivity index (χ3n) is 1.86. The van der Waals surface area contributed by atoms with Gasteiger partial charge in [-0.1, -0.05) is 11.6 Å². The maximum atomic E-state index is 11.8. The lowest BCUT2D eigenvalue weighted by Crippen LogP contribution is -2.02. The van der Waals surface area contributed by atoms with Gasteiger partial charge < -0.3 is 10.2 Å². The van der Waals surface area contributed by atoms with E-state index < -0.39 is 0 Å². The summed E-state index contributed by atoms with van der Waals surface area (Å²) in [7, 11) is 0. The number of carbonyl (C=O) groups excluding carboxylic acids is 1. The molecule has 2 aromatic rings. The minimum absolute atomic E-state index is 0.0154. The van der Waals surface area contributed by atoms with Gasteiger partial charge in [-0.05, 0) is 18.2 Å². The van der Waals surface area contributed by atoms with Crippen LogP contribution in [-0.2, 0) is 0 Å². The predicted octanol–water partition coefficient (Wildman–Crippen LogP) is 2.14. The van der Waals surface area contributed by atoms with E-state index in [0.29, 0.717) is 16.3 Å². The van der Waals surface area contributed by atoms with Crippen LogP contribution in [0.3, 0.4) is 0 Å². The molecule has 0 radical (unpaired) electrons. The van der Waals surface area contributed by atoms with Crippen molar-refractivity contribution < 1.29 is 9.21 Å². The Labute approximate surface area is 90.7 Å². The number of hydrogen-bond donors (Lipinski definition) is 1. The molecule has 4 nitrogen and oxygen atoms in total. The average molecular weight is 223 g/mol. The van der Waals surface area contributed by atoms with Gasteiger partial charge >= 0.3 is 0 Å². The summed E-state index contributed by atoms with van der Waals surface area (Å²) >= 11 is 5.87. The first-order valence-corrected chi connectivity index (χ1v) is 4.55. The molecule has 0 spiro atoms. The van der Waals surface area contributed by atoms with E-state index in [4.69, 9.17) is 21.8 Å². The van der Waals surface area contributed by atoms with E-state index in [1.54, 1.807) is 12.1 Å². The van der Waals surface area contributed by atoms with Gasteiger partial charge in [0.1, 0.15) is 6.26 Å². The summed E-state index contributed by atoms with van der Waals surface area (Å²) in [5.41, 5.74) is 6.34. The molecular formula is C10H7ClN2O2. The van der Waals surface area contributed by atoms with Gasteiger partial charge in [-0.15, -0.1) is 0 Å². The van der Waals surface area contributed by atoms with Crippen LogP contribution in [-0.4, -0.2) is 10.8 Å². The number of ketones is 1. The maximum absolute atomic E-state index is 11.8. The first kappa shape index (κ1) is 9.73. The average Bonchev–Trinajstić information content (AvgIpc) is 2.69. The molecular weight excluding hydrogens is 216 g/mol. The van der Waals surface area contributed by atoms with Crippen LogP contribution in [0, 0.1) is 0 Å². The first-order chi connectivity index (χ1) is 7.18. The molecule has 0 aliphatic carbocycles. The Morgan fingerprint density at radius 2 is 2.27 bits per heavy atom. The Hall–Kier alpha value is -1.81. The molecule has 0 fully saturated rings. The summed E-state index contributed by atoms with van der Waals surface area (Å²) in [6, 6.07) is 4.66. The number of nitrogens with zero attached hydrogens (tertiary/aromatic N) is 1. The third-order valence-corrected chi connectivity index (χ3v) is 2.18. The number of anilines is 1. The fraction of sp³-hybridized carbons (Fsp3) is 0. The largest absolute Gasteiger partial charge is 0.442 e. The highest BCUT2D eigenvalue weighted by Crippen LogP contribution is 2.21. The van der Waals surface area contributed by atoms with E-state index in [2.05, 4.69) is 4.98 Å². The number of aromatic nitrogens is 1. The smallest absolute Gasteiger partial charge is 0.268 e. The molecule has 5 heteroatoms. The van der Waals surface area contributed by atoms with Gasteiger partial charge in [0, 0.05) is 11.3 Å². The van der Waals surface area contributed by atoms with Gasteiger partial charge in [0.15, 0.2) is 0 Å². The van der Waals surface area contributed by atoms with Gasteiger partial charge in [0.25, 0.3) is 5.89 Å². The molecule has 0 bridgehead atoms. The number of nitrogen functional groups attached to an aromatic ring is 1. The standard InChI is InChI=1S/C10H7ClN2O2/c11-8-5-6(12)1-2-7(8)9(14)10-13-3-4-15-10/h1-5H,12H2. The SMILES string of the molecule is Nc1ccc(C(=O)c2ncco2)c(Cl)c1. The molecule has 0 aliphatic heterocycles. The Bertz CT molecular complexity index is 494. The van der Waals surface area contributed by atoms with E-state index in [-0.39, 0.29) is 11.7 Å². The van der Waals surface area contributed by atoms with Gasteiger partial charge in [0.2, 0.25) is 5.78 Å². The fourth-order valence-corrected chi connectivity index (χ4v) is 1.44. The van der Waals surface area contributed by atoms with E-state index >= 15 is 0 Å². The Balaban J connectivity index is 2.42. The zero-order chi connectivity index (χ0) is 10.8. The summed E-state index contributed by atoms with van der Waals surface area (Å²) in [5, 5.41) is 0.290. The van der Waals surface area contributed by atoms with Gasteiger partial charge in [-0.25, -0.2) is 4.98 Å². The number of halogens is 1. The second-order valence-corrected chi connectivity index (χ2v) is 3.31. The number of carbonyl (C=O) groups is 1. The van der Waals surface area contributed by atoms with Crippen molar-refractivity contribution in [3.05, 3.63) is 47.1 Å². The van der Waals surface area contributed by atoms with Crippen molar-refractivity contribution in [2.45, 2.75) is 0 Å². The van der Waals surface area contributed by atoms with E-state index in [0.717, 1.165) is 0 Å². The van der Waals surface area contributed by atoms with Crippen LogP contribution >= 0.6 is 11.6 Å². The first-order valence-electron chi connectivity index (χ1n) is 4.17. The topological polar surface area (TPSA) is 69.1 Å². The molecule has 0 saturated heterocycles. The monoisotopic (exact) mass is 222 g/mol. The Kier molecular flexibility index (Phi) is 2.43. The number of hydrogen-bond acceptors (Lipinski definition) is 4. The lowest BCUT2D eigenvalue weighted by atomic mass is 10.1. The second-order valence-electron chi connectivity index (χ2n) is 2.91. The van der Waals surface area contributed by atoms with Crippen molar-refractivity contribution in [2.24, 2.45) is 0 Å². The molecule has 0 unspecified atom stereocenters. The van der Waals surface area contributed by atoms with Crippen LogP contribution in [0.25, 0.3) is 0 Å². The molecule has 0 saturated carbocycles. The normalized spacial score (nSPS) is 10.2. The van der Waals surface area contributed by atoms with Crippen molar-refractivity contribution in [3.8, 4) is 0 Å². The van der Waals surface area contributed by atoms with Crippen LogP contribution in [0.2, 0.25) is 5.02 Å². The van der Waals surface area contributed by atoms with Crippen molar-refractivity contribution >= 4 is 23.1 Å². The van der Waals surface area contributed by atoms with Crippen LogP contribution in [0.1, 0.15) is 16.2 Å². The molecule has 1 aromatic heterocycles. The number of rotatable bonds is 2. The minimum Gasteiger partial charge on any atom is -0.442 e. The zero-order valence-corrected chi connectivity index (χ0v) is 8.36. The highest BCUT2D eigenvalue weighted by atomic mass is 35.5. The predicted molar refractivity (Wildman–Crippen MR) is 55.8 cm³/mol. The lowest BCUT2D eigenvalue weighted by molar-refractivity contribution is 0.100. The van der Waals surface area contributed by atoms with Gasteiger partial charge in [-0.2, -0.15) is 0 Å². The Morgan fingerprint density at radius 3 is 2.87 bits per heavy atom. The number of nitrogens with two attached hydrogens (primary N) is 1. The molecule has 76 valence electrons. The molecule has 0 amide bonds. The second kappa shape index (κ2) is 3.74. The zero-order valence-electron chi connectivity index (χ0n) is 7.61. The summed E-state index contributed by atoms with van der Waals surface area (Å²) in [6.45, 7) is 0. The van der Waals surface area contributed by atoms with Crippen molar-refractivity contribution in [3.63, 3.8) is 0 Å². The van der Waals surface area contributed by atoms with Gasteiger partial charge in [-0.3, -0.25) is 4.79 Å². The maximum Gasteiger partial charge on any atom is 0.268 e. The lowest BCUT2D eigenvalue weighted by Gasteiger charge is -2.01. The van der Waals surface area contributed by atoms with Crippen LogP contribution in [0.4, 0.5) is 5.69 Å². The summed E-state index contributed by atoms with van der Waals surface area (Å²) in [4.78, 5) is 15.5. The molecule has 2 rings (SSSR count). The summed E-state index contributed by atoms with van der Waals surface area (Å²) in [6.07, 6.45) is 2.73. The quantitative estimate of drug-likeness (QED) is 0.624. The minimum atomic E-state index is -0.356. The van der Waals surface area contributed by atoms with Gasteiger partial charge in [0.05, 0.1) is 11.2 Å². The van der Waals surface area contributed by atoms with E-state index in [9.17, 15) is 4.79 Å². The van der Waals surface area contributed by atoms with Crippen molar-refractivity contribution in [1.29, 1.82) is 0 Å². The number of oxazole rings is 1. The summed E-state index contributed by atoms with van der Waals surface area (Å²) < 4.78 is 4.88. The molecule has 1 aromatic carbocycles. The molecule has 15 heavy (non-hydrogen) atoms. The van der Waals surface area contributed by atoms with Crippen LogP contribution in [0.15, 0.2) is 35.1 Å². The molecule has 2 N–H and O–H groups in total. The van der Waals surface area contributed by atoms with Crippen LogP contribution in [0.5, 0.6) is 0 Å². The Morgan fingerprint density at radius 1 is 1.47 bits per heavy atom. The fourth-order valence-electron chi connectivity index (χ4n) is 1.17. The van der Waals surface area contributed by atoms with Crippen molar-refractivity contribution in [2.75, 3.05) is 5.73 Å². The third kappa shape index (κ3) is 1.85. The molecule has 1 heterocycles. The van der Waals surface area contributed by atoms with E-state index in [1.165, 1.54) is 18.5 Å². The summed E-state index contributed by atoms with van der Waals surface area (Å²) in [5.74, 6) is -0.341. The molecule has 0 atom stereocenters.